The molecule has 2 aromatic carbocycles. The van der Waals surface area contributed by atoms with Gasteiger partial charge in [-0.2, -0.15) is 0 Å². The fraction of sp³-hybridized carbons (Fsp3) is 0.0556. The lowest BCUT2D eigenvalue weighted by atomic mass is 10.3. The first-order chi connectivity index (χ1) is 12.9. The molecule has 0 unspecified atom stereocenters. The molecular formula is C18H15F2N3O3S. The monoisotopic (exact) mass is 391 g/mol. The Morgan fingerprint density at radius 2 is 1.74 bits per heavy atom. The van der Waals surface area contributed by atoms with Gasteiger partial charge in [0.1, 0.15) is 23.2 Å². The second kappa shape index (κ2) is 7.58. The largest absolute Gasteiger partial charge is 0.497 e. The van der Waals surface area contributed by atoms with Gasteiger partial charge in [-0.3, -0.25) is 4.72 Å². The zero-order valence-electron chi connectivity index (χ0n) is 14.1. The Hall–Kier alpha value is -3.20. The molecule has 0 aliphatic rings. The summed E-state index contributed by atoms with van der Waals surface area (Å²) in [4.78, 5) is 4.09. The maximum Gasteiger partial charge on any atom is 0.261 e. The van der Waals surface area contributed by atoms with Crippen LogP contribution >= 0.6 is 0 Å². The highest BCUT2D eigenvalue weighted by Crippen LogP contribution is 2.22. The van der Waals surface area contributed by atoms with Gasteiger partial charge < -0.3 is 10.1 Å². The van der Waals surface area contributed by atoms with Crippen molar-refractivity contribution >= 4 is 27.2 Å². The van der Waals surface area contributed by atoms with E-state index in [1.54, 1.807) is 0 Å². The van der Waals surface area contributed by atoms with E-state index in [2.05, 4.69) is 15.0 Å². The summed E-state index contributed by atoms with van der Waals surface area (Å²) >= 11 is 0. The molecule has 0 spiro atoms. The van der Waals surface area contributed by atoms with Crippen molar-refractivity contribution in [2.75, 3.05) is 17.1 Å². The van der Waals surface area contributed by atoms with Gasteiger partial charge in [0.05, 0.1) is 29.6 Å². The predicted octanol–water partition coefficient (Wildman–Crippen LogP) is 3.91. The summed E-state index contributed by atoms with van der Waals surface area (Å²) in [6, 6.07) is 12.0. The number of hydrogen-bond acceptors (Lipinski definition) is 5. The quantitative estimate of drug-likeness (QED) is 0.666. The van der Waals surface area contributed by atoms with Crippen LogP contribution in [-0.2, 0) is 10.0 Å². The van der Waals surface area contributed by atoms with Crippen LogP contribution in [0.25, 0.3) is 0 Å². The highest BCUT2D eigenvalue weighted by Gasteiger charge is 2.14. The lowest BCUT2D eigenvalue weighted by Crippen LogP contribution is -2.13. The van der Waals surface area contributed by atoms with Gasteiger partial charge in [-0.05, 0) is 48.5 Å². The van der Waals surface area contributed by atoms with Crippen molar-refractivity contribution in [2.45, 2.75) is 4.90 Å². The number of nitrogens with zero attached hydrogens (tertiary/aromatic N) is 1. The van der Waals surface area contributed by atoms with E-state index in [1.165, 1.54) is 55.8 Å². The Kier molecular flexibility index (Phi) is 5.22. The minimum atomic E-state index is -3.79. The Bertz CT molecular complexity index is 1040. The number of ether oxygens (including phenoxy) is 1. The first-order valence-corrected chi connectivity index (χ1v) is 9.21. The molecule has 0 aliphatic carbocycles. The van der Waals surface area contributed by atoms with Gasteiger partial charge in [0.25, 0.3) is 10.0 Å². The second-order valence-electron chi connectivity index (χ2n) is 5.46. The van der Waals surface area contributed by atoms with Crippen molar-refractivity contribution in [2.24, 2.45) is 0 Å². The molecule has 0 aliphatic heterocycles. The summed E-state index contributed by atoms with van der Waals surface area (Å²) in [7, 11) is -2.30. The molecule has 0 atom stereocenters. The maximum absolute atomic E-state index is 13.6. The Balaban J connectivity index is 1.72. The number of pyridine rings is 1. The van der Waals surface area contributed by atoms with Crippen molar-refractivity contribution in [3.63, 3.8) is 0 Å². The number of aromatic nitrogens is 1. The van der Waals surface area contributed by atoms with Gasteiger partial charge in [-0.25, -0.2) is 22.2 Å². The Morgan fingerprint density at radius 3 is 2.33 bits per heavy atom. The number of nitrogens with one attached hydrogen (secondary N) is 2. The zero-order valence-corrected chi connectivity index (χ0v) is 14.9. The van der Waals surface area contributed by atoms with Gasteiger partial charge in [0.15, 0.2) is 0 Å². The Morgan fingerprint density at radius 1 is 1.00 bits per heavy atom. The van der Waals surface area contributed by atoms with Gasteiger partial charge in [0, 0.05) is 6.07 Å². The third-order valence-corrected chi connectivity index (χ3v) is 4.98. The van der Waals surface area contributed by atoms with Crippen LogP contribution in [0.15, 0.2) is 65.7 Å². The summed E-state index contributed by atoms with van der Waals surface area (Å²) in [6.07, 6.45) is 1.28. The van der Waals surface area contributed by atoms with E-state index in [9.17, 15) is 17.2 Å². The average Bonchev–Trinajstić information content (AvgIpc) is 2.65. The molecule has 9 heteroatoms. The average molecular weight is 391 g/mol. The van der Waals surface area contributed by atoms with Crippen LogP contribution in [0.2, 0.25) is 0 Å². The summed E-state index contributed by atoms with van der Waals surface area (Å²) in [6.45, 7) is 0. The molecule has 0 amide bonds. The molecule has 0 fully saturated rings. The van der Waals surface area contributed by atoms with Crippen molar-refractivity contribution < 1.29 is 21.9 Å². The normalized spacial score (nSPS) is 11.1. The molecule has 0 radical (unpaired) electrons. The third kappa shape index (κ3) is 4.50. The van der Waals surface area contributed by atoms with Crippen LogP contribution in [0.5, 0.6) is 5.75 Å². The van der Waals surface area contributed by atoms with E-state index in [0.717, 1.165) is 12.1 Å². The maximum atomic E-state index is 13.6. The van der Waals surface area contributed by atoms with E-state index < -0.39 is 21.7 Å². The third-order valence-electron chi connectivity index (χ3n) is 3.58. The van der Waals surface area contributed by atoms with Crippen LogP contribution in [0, 0.1) is 11.6 Å². The molecule has 2 N–H and O–H groups in total. The van der Waals surface area contributed by atoms with E-state index in [1.807, 2.05) is 0 Å². The minimum Gasteiger partial charge on any atom is -0.497 e. The lowest BCUT2D eigenvalue weighted by molar-refractivity contribution is 0.414. The van der Waals surface area contributed by atoms with Crippen molar-refractivity contribution in [3.8, 4) is 5.75 Å². The number of methoxy groups -OCH3 is 1. The molecule has 3 rings (SSSR count). The van der Waals surface area contributed by atoms with Gasteiger partial charge in [-0.15, -0.1) is 0 Å². The van der Waals surface area contributed by atoms with Crippen LogP contribution in [0.3, 0.4) is 0 Å². The number of benzene rings is 2. The van der Waals surface area contributed by atoms with Crippen LogP contribution < -0.4 is 14.8 Å². The molecule has 6 nitrogen and oxygen atoms in total. The van der Waals surface area contributed by atoms with Crippen LogP contribution in [0.4, 0.5) is 26.0 Å². The van der Waals surface area contributed by atoms with Crippen molar-refractivity contribution in [1.82, 2.24) is 4.98 Å². The minimum absolute atomic E-state index is 0.0514. The molecular weight excluding hydrogens is 376 g/mol. The SMILES string of the molecule is COc1ccc(S(=O)(=O)Nc2ccc(Nc3ccc(F)cc3F)nc2)cc1. The highest BCUT2D eigenvalue weighted by atomic mass is 32.2. The zero-order chi connectivity index (χ0) is 19.4. The van der Waals surface area contributed by atoms with Gasteiger partial charge in [0.2, 0.25) is 0 Å². The Labute approximate surface area is 154 Å². The molecule has 0 bridgehead atoms. The van der Waals surface area contributed by atoms with E-state index >= 15 is 0 Å². The molecule has 1 aromatic heterocycles. The van der Waals surface area contributed by atoms with Gasteiger partial charge >= 0.3 is 0 Å². The summed E-state index contributed by atoms with van der Waals surface area (Å²) in [5.41, 5.74) is 0.284. The molecule has 0 saturated carbocycles. The lowest BCUT2D eigenvalue weighted by Gasteiger charge is -2.10. The summed E-state index contributed by atoms with van der Waals surface area (Å²) in [5.74, 6) is -0.637. The smallest absolute Gasteiger partial charge is 0.261 e. The number of halogens is 2. The first kappa shape index (κ1) is 18.6. The molecule has 1 heterocycles. The predicted molar refractivity (Wildman–Crippen MR) is 97.7 cm³/mol. The highest BCUT2D eigenvalue weighted by molar-refractivity contribution is 7.92. The topological polar surface area (TPSA) is 80.3 Å². The molecule has 0 saturated heterocycles. The van der Waals surface area contributed by atoms with E-state index in [-0.39, 0.29) is 22.1 Å². The van der Waals surface area contributed by atoms with Crippen molar-refractivity contribution in [3.05, 3.63) is 72.4 Å². The number of anilines is 3. The van der Waals surface area contributed by atoms with Crippen LogP contribution in [-0.4, -0.2) is 20.5 Å². The number of rotatable bonds is 6. The fourth-order valence-electron chi connectivity index (χ4n) is 2.23. The number of hydrogen-bond donors (Lipinski definition) is 2. The van der Waals surface area contributed by atoms with E-state index in [4.69, 9.17) is 4.74 Å². The number of sulfonamides is 1. The standard InChI is InChI=1S/C18H15F2N3O3S/c1-26-14-4-6-15(7-5-14)27(24,25)23-13-3-9-18(21-11-13)22-17-8-2-12(19)10-16(17)20/h2-11,23H,1H3,(H,21,22). The van der Waals surface area contributed by atoms with Crippen molar-refractivity contribution in [1.29, 1.82) is 0 Å². The summed E-state index contributed by atoms with van der Waals surface area (Å²) in [5, 5.41) is 2.69. The summed E-state index contributed by atoms with van der Waals surface area (Å²) < 4.78 is 58.7. The van der Waals surface area contributed by atoms with E-state index in [0.29, 0.717) is 5.75 Å². The second-order valence-corrected chi connectivity index (χ2v) is 7.14. The molecule has 3 aromatic rings. The van der Waals surface area contributed by atoms with Gasteiger partial charge in [-0.1, -0.05) is 0 Å². The molecule has 140 valence electrons. The van der Waals surface area contributed by atoms with Crippen LogP contribution in [0.1, 0.15) is 0 Å². The first-order valence-electron chi connectivity index (χ1n) is 7.72. The fourth-order valence-corrected chi connectivity index (χ4v) is 3.27. The molecule has 27 heavy (non-hydrogen) atoms.